The Morgan fingerprint density at radius 3 is 1.68 bits per heavy atom. The average molecular weight is 692 g/mol. The summed E-state index contributed by atoms with van der Waals surface area (Å²) in [5.41, 5.74) is 0.493. The summed E-state index contributed by atoms with van der Waals surface area (Å²) in [6.07, 6.45) is 0. The van der Waals surface area contributed by atoms with Crippen LogP contribution < -0.4 is 0 Å². The molecular weight excluding hydrogens is 641 g/mol. The summed E-state index contributed by atoms with van der Waals surface area (Å²) < 4.78 is 180. The van der Waals surface area contributed by atoms with E-state index in [1.54, 1.807) is 18.2 Å². The van der Waals surface area contributed by atoms with Crippen LogP contribution in [0.4, 0.5) is 0 Å². The molecule has 246 valence electrons. The van der Waals surface area contributed by atoms with Gasteiger partial charge >= 0.3 is 0 Å². The second kappa shape index (κ2) is 11.8. The lowest BCUT2D eigenvalue weighted by Crippen LogP contribution is -1.92. The van der Waals surface area contributed by atoms with Crippen LogP contribution in [0.15, 0.2) is 198 Å². The lowest BCUT2D eigenvalue weighted by atomic mass is 9.84. The summed E-state index contributed by atoms with van der Waals surface area (Å²) >= 11 is 0. The fraction of sp³-hybridized carbons (Fsp3) is 0. The summed E-state index contributed by atoms with van der Waals surface area (Å²) in [5, 5.41) is 0.237. The van der Waals surface area contributed by atoms with Crippen LogP contribution >= 0.6 is 0 Å². The van der Waals surface area contributed by atoms with Crippen molar-refractivity contribution < 1.29 is 30.5 Å². The molecule has 0 spiro atoms. The summed E-state index contributed by atoms with van der Waals surface area (Å²) in [4.78, 5) is 0. The monoisotopic (exact) mass is 691 g/mol. The number of fused-ring (bicyclic) bond motifs is 7. The quantitative estimate of drug-likeness (QED) is 0.167. The van der Waals surface area contributed by atoms with E-state index in [-0.39, 0.29) is 16.5 Å². The zero-order chi connectivity index (χ0) is 51.4. The molecule has 0 fully saturated rings. The Morgan fingerprint density at radius 2 is 0.925 bits per heavy atom. The third-order valence-corrected chi connectivity index (χ3v) is 9.74. The summed E-state index contributed by atoms with van der Waals surface area (Å²) in [7, 11) is 0. The van der Waals surface area contributed by atoms with Crippen molar-refractivity contribution in [1.82, 2.24) is 0 Å². The van der Waals surface area contributed by atoms with Gasteiger partial charge in [0.2, 0.25) is 0 Å². The van der Waals surface area contributed by atoms with Crippen molar-refractivity contribution in [3.05, 3.63) is 194 Å². The summed E-state index contributed by atoms with van der Waals surface area (Å²) in [6, 6.07) is 8.96. The molecule has 0 aliphatic heterocycles. The molecule has 0 aliphatic rings. The van der Waals surface area contributed by atoms with E-state index >= 15 is 0 Å². The van der Waals surface area contributed by atoms with Gasteiger partial charge in [-0.2, -0.15) is 0 Å². The van der Waals surface area contributed by atoms with Gasteiger partial charge in [0, 0.05) is 10.8 Å². The largest absolute Gasteiger partial charge is 0.456 e. The smallest absolute Gasteiger partial charge is 0.136 e. The van der Waals surface area contributed by atoms with Gasteiger partial charge in [-0.25, -0.2) is 0 Å². The van der Waals surface area contributed by atoms with E-state index in [1.165, 1.54) is 0 Å². The number of benzene rings is 10. The molecule has 0 radical (unpaired) electrons. The van der Waals surface area contributed by atoms with Gasteiger partial charge in [0.1, 0.15) is 11.2 Å². The van der Waals surface area contributed by atoms with Crippen LogP contribution in [0, 0.1) is 0 Å². The highest BCUT2D eigenvalue weighted by Gasteiger charge is 2.20. The van der Waals surface area contributed by atoms with E-state index in [4.69, 9.17) is 19.5 Å². The molecule has 0 bridgehead atoms. The SMILES string of the molecule is [2H]c1c([2H])c([2H])c(-c2c3c([2H])c([2H])c([2H])c([2H])c3c(-c3c([2H])c([2H])c(-c4ccc5oc6cccc(-c7cccc8ccccc78)c6c5c4)c4c([2H])c([2H])c([2H])c([2H])c34)c3c([2H])c([2H])c([2H])c([2H])c23)c([2H])c1[2H]. The zero-order valence-electron chi connectivity index (χ0n) is 46.4. The summed E-state index contributed by atoms with van der Waals surface area (Å²) in [6.45, 7) is 0. The maximum absolute atomic E-state index is 9.97. The van der Waals surface area contributed by atoms with Crippen molar-refractivity contribution >= 4 is 65.0 Å². The minimum atomic E-state index is -0.870. The lowest BCUT2D eigenvalue weighted by molar-refractivity contribution is 0.669. The predicted octanol–water partition coefficient (Wildman–Crippen LogP) is 14.9. The molecule has 10 aromatic carbocycles. The first kappa shape index (κ1) is 16.6. The maximum atomic E-state index is 9.97. The molecule has 0 aliphatic carbocycles. The molecular formula is C52H32O. The lowest BCUT2D eigenvalue weighted by Gasteiger charge is -2.19. The Morgan fingerprint density at radius 1 is 0.340 bits per heavy atom. The topological polar surface area (TPSA) is 13.1 Å². The summed E-state index contributed by atoms with van der Waals surface area (Å²) in [5.74, 6) is 0. The number of hydrogen-bond acceptors (Lipinski definition) is 1. The standard InChI is InChI=1S/C52H32O/c1-2-15-34(16-3-1)50-42-21-8-10-23-44(42)51(45-24-11-9-22-43(45)50)46-30-29-37(38-19-6-7-20-40(38)46)35-28-31-48-47(32-35)52-41(26-13-27-49(52)53-48)39-25-12-17-33-14-4-5-18-36(33)39/h1-32H/i1D,2D,3D,6D,7D,8D,9D,10D,11D,15D,16D,19D,20D,21D,22D,23D,24D,29D,30D. The minimum Gasteiger partial charge on any atom is -0.456 e. The second-order valence-corrected chi connectivity index (χ2v) is 12.5. The van der Waals surface area contributed by atoms with Gasteiger partial charge in [0.25, 0.3) is 0 Å². The molecule has 11 aromatic rings. The van der Waals surface area contributed by atoms with Crippen LogP contribution in [0.25, 0.3) is 110 Å². The van der Waals surface area contributed by atoms with Crippen molar-refractivity contribution in [3.8, 4) is 44.5 Å². The van der Waals surface area contributed by atoms with E-state index < -0.39 is 164 Å². The van der Waals surface area contributed by atoms with Crippen molar-refractivity contribution in [2.75, 3.05) is 0 Å². The normalized spacial score (nSPS) is 16.8. The Hall–Kier alpha value is -6.96. The Bertz CT molecular complexity index is 4220. The molecule has 0 saturated heterocycles. The van der Waals surface area contributed by atoms with Crippen molar-refractivity contribution in [2.45, 2.75) is 0 Å². The van der Waals surface area contributed by atoms with E-state index in [0.29, 0.717) is 21.9 Å². The molecule has 53 heavy (non-hydrogen) atoms. The second-order valence-electron chi connectivity index (χ2n) is 12.5. The van der Waals surface area contributed by atoms with Gasteiger partial charge in [-0.15, -0.1) is 0 Å². The van der Waals surface area contributed by atoms with Crippen LogP contribution in [0.3, 0.4) is 0 Å². The third kappa shape index (κ3) is 4.58. The van der Waals surface area contributed by atoms with E-state index in [2.05, 4.69) is 0 Å². The molecule has 1 nitrogen and oxygen atoms in total. The van der Waals surface area contributed by atoms with Crippen molar-refractivity contribution in [2.24, 2.45) is 0 Å². The Kier molecular flexibility index (Phi) is 3.69. The van der Waals surface area contributed by atoms with E-state index in [0.717, 1.165) is 21.9 Å². The van der Waals surface area contributed by atoms with Crippen LogP contribution in [-0.2, 0) is 0 Å². The molecule has 0 atom stereocenters. The van der Waals surface area contributed by atoms with Crippen LogP contribution in [0.5, 0.6) is 0 Å². The third-order valence-electron chi connectivity index (χ3n) is 9.74. The number of hydrogen-bond donors (Lipinski definition) is 0. The predicted molar refractivity (Wildman–Crippen MR) is 225 cm³/mol. The van der Waals surface area contributed by atoms with Gasteiger partial charge in [-0.3, -0.25) is 0 Å². The minimum absolute atomic E-state index is 0.127. The molecule has 0 amide bonds. The highest BCUT2D eigenvalue weighted by Crippen LogP contribution is 2.47. The molecule has 0 saturated carbocycles. The van der Waals surface area contributed by atoms with Crippen molar-refractivity contribution in [1.29, 1.82) is 0 Å². The Balaban J connectivity index is 1.35. The maximum Gasteiger partial charge on any atom is 0.136 e. The van der Waals surface area contributed by atoms with Crippen molar-refractivity contribution in [3.63, 3.8) is 0 Å². The molecule has 11 rings (SSSR count). The van der Waals surface area contributed by atoms with Crippen LogP contribution in [0.2, 0.25) is 0 Å². The molecule has 1 aromatic heterocycles. The van der Waals surface area contributed by atoms with Gasteiger partial charge < -0.3 is 4.42 Å². The van der Waals surface area contributed by atoms with Gasteiger partial charge in [-0.1, -0.05) is 175 Å². The average Bonchev–Trinajstić information content (AvgIpc) is 3.76. The molecule has 0 N–H and O–H groups in total. The highest BCUT2D eigenvalue weighted by molar-refractivity contribution is 6.24. The highest BCUT2D eigenvalue weighted by atomic mass is 16.3. The van der Waals surface area contributed by atoms with Crippen LogP contribution in [0.1, 0.15) is 26.0 Å². The molecule has 0 unspecified atom stereocenters. The van der Waals surface area contributed by atoms with Gasteiger partial charge in [-0.05, 0) is 106 Å². The van der Waals surface area contributed by atoms with E-state index in [1.807, 2.05) is 60.7 Å². The van der Waals surface area contributed by atoms with E-state index in [9.17, 15) is 11.0 Å². The number of furan rings is 1. The molecule has 1 heteroatoms. The molecule has 1 heterocycles. The fourth-order valence-electron chi connectivity index (χ4n) is 7.51. The number of rotatable bonds is 4. The first-order valence-corrected chi connectivity index (χ1v) is 16.7. The zero-order valence-corrected chi connectivity index (χ0v) is 27.4. The van der Waals surface area contributed by atoms with Gasteiger partial charge in [0.05, 0.1) is 26.0 Å². The Labute approximate surface area is 333 Å². The fourth-order valence-corrected chi connectivity index (χ4v) is 7.51. The van der Waals surface area contributed by atoms with Gasteiger partial charge in [0.15, 0.2) is 0 Å². The van der Waals surface area contributed by atoms with Crippen LogP contribution in [-0.4, -0.2) is 0 Å². The first-order chi connectivity index (χ1) is 34.2. The first-order valence-electron chi connectivity index (χ1n) is 26.2.